The van der Waals surface area contributed by atoms with Gasteiger partial charge in [-0.15, -0.1) is 0 Å². The van der Waals surface area contributed by atoms with Crippen LogP contribution >= 0.6 is 11.8 Å². The molecule has 46 heavy (non-hydrogen) atoms. The molecule has 0 aliphatic heterocycles. The van der Waals surface area contributed by atoms with Crippen LogP contribution in [0.4, 0.5) is 0 Å². The van der Waals surface area contributed by atoms with E-state index in [4.69, 9.17) is 21.7 Å². The van der Waals surface area contributed by atoms with Crippen LogP contribution < -0.4 is 22.1 Å². The lowest BCUT2D eigenvalue weighted by Gasteiger charge is -2.37. The maximum Gasteiger partial charge on any atom is 0.326 e. The van der Waals surface area contributed by atoms with Gasteiger partial charge in [0.1, 0.15) is 30.7 Å². The van der Waals surface area contributed by atoms with Gasteiger partial charge in [-0.1, -0.05) is 71.1 Å². The van der Waals surface area contributed by atoms with E-state index in [-0.39, 0.29) is 17.9 Å². The molecule has 0 fully saturated rings. The van der Waals surface area contributed by atoms with Gasteiger partial charge >= 0.3 is 17.9 Å². The van der Waals surface area contributed by atoms with Gasteiger partial charge in [0.15, 0.2) is 0 Å². The maximum absolute atomic E-state index is 13.7. The first-order valence-corrected chi connectivity index (χ1v) is 17.1. The Hall–Kier alpha value is -3.40. The first-order chi connectivity index (χ1) is 21.7. The second-order valence-corrected chi connectivity index (χ2v) is 12.4. The molecule has 0 heterocycles. The normalized spacial score (nSPS) is 13.5. The molecule has 0 saturated heterocycles. The van der Waals surface area contributed by atoms with E-state index in [1.165, 1.54) is 45.4 Å². The number of hydrogen-bond donors (Lipinski definition) is 7. The first-order valence-electron chi connectivity index (χ1n) is 15.9. The molecule has 0 rings (SSSR count). The van der Waals surface area contributed by atoms with Crippen molar-refractivity contribution < 1.29 is 48.9 Å². The summed E-state index contributed by atoms with van der Waals surface area (Å²) >= 11 is 0.830. The highest BCUT2D eigenvalue weighted by atomic mass is 32.2. The number of unbranched alkanes of at least 4 members (excludes halogenated alkanes) is 10. The number of nitrogens with one attached hydrogen (secondary N) is 2. The van der Waals surface area contributed by atoms with Crippen LogP contribution in [0.15, 0.2) is 0 Å². The molecular formula is C30H53N5O10S. The van der Waals surface area contributed by atoms with Crippen molar-refractivity contribution >= 4 is 53.3 Å². The fraction of sp³-hybridized carbons (Fsp3) is 0.767. The Morgan fingerprint density at radius 2 is 1.30 bits per heavy atom. The Kier molecular flexibility index (Phi) is 23.0. The van der Waals surface area contributed by atoms with E-state index in [1.54, 1.807) is 0 Å². The summed E-state index contributed by atoms with van der Waals surface area (Å²) < 4.78 is 0. The highest BCUT2D eigenvalue weighted by molar-refractivity contribution is 7.99. The Bertz CT molecular complexity index is 999. The second-order valence-electron chi connectivity index (χ2n) is 11.3. The van der Waals surface area contributed by atoms with Gasteiger partial charge in [0.05, 0.1) is 0 Å². The number of thioether (sulfide) groups is 1. The third-order valence-electron chi connectivity index (χ3n) is 7.24. The number of carbonyl (C=O) groups excluding carboxylic acids is 4. The number of hydrogen-bond acceptors (Lipinski definition) is 9. The zero-order chi connectivity index (χ0) is 35.1. The molecule has 0 aliphatic rings. The van der Waals surface area contributed by atoms with E-state index in [2.05, 4.69) is 17.6 Å². The summed E-state index contributed by atoms with van der Waals surface area (Å²) in [5, 5.41) is 32.8. The molecule has 0 bridgehead atoms. The standard InChI is InChI=1S/C30H53N5O10S/c1-3-4-5-6-7-8-9-10-11-12-13-14-25(37)34-20(2)28(41)35(22(30(44)45)15-16-24(32)36)23(27(40)33-17-26(38)39)19-46-18-21(31)29(42)43/h20-23H,3-19,31H2,1-2H3,(H2,32,36)(H,33,40)(H,34,37)(H,38,39)(H,42,43)(H,44,45)/t20-,21-,22+,23+/m0/s1. The molecule has 4 atom stereocenters. The molecule has 15 nitrogen and oxygen atoms in total. The van der Waals surface area contributed by atoms with Crippen molar-refractivity contribution in [3.05, 3.63) is 0 Å². The van der Waals surface area contributed by atoms with Crippen molar-refractivity contribution in [1.29, 1.82) is 0 Å². The highest BCUT2D eigenvalue weighted by Gasteiger charge is 2.41. The van der Waals surface area contributed by atoms with Crippen molar-refractivity contribution in [2.45, 2.75) is 128 Å². The predicted molar refractivity (Wildman–Crippen MR) is 173 cm³/mol. The molecule has 9 N–H and O–H groups in total. The Labute approximate surface area is 274 Å². The summed E-state index contributed by atoms with van der Waals surface area (Å²) in [5.41, 5.74) is 10.7. The van der Waals surface area contributed by atoms with E-state index in [0.29, 0.717) is 11.3 Å². The summed E-state index contributed by atoms with van der Waals surface area (Å²) in [6.07, 6.45) is 11.2. The Balaban J connectivity index is 5.61. The molecule has 0 radical (unpaired) electrons. The molecule has 4 amide bonds. The van der Waals surface area contributed by atoms with Crippen LogP contribution in [0.3, 0.4) is 0 Å². The van der Waals surface area contributed by atoms with Crippen LogP contribution in [0.1, 0.15) is 104 Å². The van der Waals surface area contributed by atoms with E-state index in [0.717, 1.165) is 37.4 Å². The summed E-state index contributed by atoms with van der Waals surface area (Å²) in [7, 11) is 0. The van der Waals surface area contributed by atoms with Crippen LogP contribution in [0.5, 0.6) is 0 Å². The van der Waals surface area contributed by atoms with Crippen molar-refractivity contribution in [3.8, 4) is 0 Å². The zero-order valence-electron chi connectivity index (χ0n) is 27.0. The van der Waals surface area contributed by atoms with Crippen LogP contribution in [0.2, 0.25) is 0 Å². The van der Waals surface area contributed by atoms with Gasteiger partial charge in [-0.25, -0.2) is 4.79 Å². The van der Waals surface area contributed by atoms with Crippen LogP contribution in [0, 0.1) is 0 Å². The topological polar surface area (TPSA) is 260 Å². The number of carbonyl (C=O) groups is 7. The molecule has 0 aromatic rings. The quantitative estimate of drug-likeness (QED) is 0.0582. The summed E-state index contributed by atoms with van der Waals surface area (Å²) in [4.78, 5) is 86.3. The van der Waals surface area contributed by atoms with E-state index in [1.807, 2.05) is 0 Å². The molecule has 0 saturated carbocycles. The minimum Gasteiger partial charge on any atom is -0.480 e. The van der Waals surface area contributed by atoms with Gasteiger partial charge in [0, 0.05) is 24.3 Å². The summed E-state index contributed by atoms with van der Waals surface area (Å²) in [6.45, 7) is 2.66. The monoisotopic (exact) mass is 675 g/mol. The van der Waals surface area contributed by atoms with Crippen molar-refractivity contribution in [1.82, 2.24) is 15.5 Å². The molecule has 0 spiro atoms. The van der Waals surface area contributed by atoms with Crippen molar-refractivity contribution in [2.75, 3.05) is 18.1 Å². The Morgan fingerprint density at radius 1 is 0.761 bits per heavy atom. The van der Waals surface area contributed by atoms with Crippen LogP contribution in [0.25, 0.3) is 0 Å². The lowest BCUT2D eigenvalue weighted by atomic mass is 10.0. The fourth-order valence-electron chi connectivity index (χ4n) is 4.67. The van der Waals surface area contributed by atoms with Gasteiger partial charge in [-0.3, -0.25) is 28.8 Å². The number of carboxylic acids is 3. The SMILES string of the molecule is CCCCCCCCCCCCCC(=O)N[C@@H](C)C(=O)N([C@H](CCC(N)=O)C(=O)O)[C@H](CSC[C@H](N)C(=O)O)C(=O)NCC(=O)O. The molecule has 0 aromatic carbocycles. The van der Waals surface area contributed by atoms with E-state index in [9.17, 15) is 38.7 Å². The Morgan fingerprint density at radius 3 is 1.78 bits per heavy atom. The van der Waals surface area contributed by atoms with E-state index >= 15 is 0 Å². The highest BCUT2D eigenvalue weighted by Crippen LogP contribution is 2.19. The zero-order valence-corrected chi connectivity index (χ0v) is 27.9. The van der Waals surface area contributed by atoms with E-state index < -0.39 is 85.1 Å². The molecule has 0 aromatic heterocycles. The molecule has 264 valence electrons. The van der Waals surface area contributed by atoms with Crippen molar-refractivity contribution in [3.63, 3.8) is 0 Å². The number of rotatable bonds is 28. The van der Waals surface area contributed by atoms with Gasteiger partial charge in [-0.2, -0.15) is 11.8 Å². The lowest BCUT2D eigenvalue weighted by molar-refractivity contribution is -0.156. The first kappa shape index (κ1) is 42.6. The number of nitrogens with zero attached hydrogens (tertiary/aromatic N) is 1. The van der Waals surface area contributed by atoms with Crippen LogP contribution in [-0.4, -0.2) is 104 Å². The maximum atomic E-state index is 13.7. The van der Waals surface area contributed by atoms with Gasteiger partial charge in [0.25, 0.3) is 0 Å². The number of nitrogens with two attached hydrogens (primary N) is 2. The number of primary amides is 1. The van der Waals surface area contributed by atoms with Crippen molar-refractivity contribution in [2.24, 2.45) is 11.5 Å². The fourth-order valence-corrected chi connectivity index (χ4v) is 5.74. The molecule has 0 aliphatic carbocycles. The van der Waals surface area contributed by atoms with Crippen LogP contribution in [-0.2, 0) is 33.6 Å². The second kappa shape index (κ2) is 24.8. The molecule has 16 heteroatoms. The number of amides is 4. The number of carboxylic acid groups (broad SMARTS) is 3. The average Bonchev–Trinajstić information content (AvgIpc) is 2.98. The molecular weight excluding hydrogens is 622 g/mol. The smallest absolute Gasteiger partial charge is 0.326 e. The third kappa shape index (κ3) is 19.2. The average molecular weight is 676 g/mol. The lowest BCUT2D eigenvalue weighted by Crippen LogP contribution is -2.61. The number of aliphatic carboxylic acids is 3. The largest absolute Gasteiger partial charge is 0.480 e. The minimum atomic E-state index is -1.76. The summed E-state index contributed by atoms with van der Waals surface area (Å²) in [5.74, 6) is -8.20. The van der Waals surface area contributed by atoms with Gasteiger partial charge in [0.2, 0.25) is 23.6 Å². The van der Waals surface area contributed by atoms with Gasteiger partial charge < -0.3 is 42.3 Å². The van der Waals surface area contributed by atoms with Gasteiger partial charge in [-0.05, 0) is 19.8 Å². The predicted octanol–water partition coefficient (Wildman–Crippen LogP) is 1.45. The molecule has 0 unspecified atom stereocenters. The third-order valence-corrected chi connectivity index (χ3v) is 8.38. The minimum absolute atomic E-state index is 0.129. The summed E-state index contributed by atoms with van der Waals surface area (Å²) in [6, 6.07) is -6.02.